The van der Waals surface area contributed by atoms with E-state index in [1.807, 2.05) is 36.5 Å². The third-order valence-electron chi connectivity index (χ3n) is 3.32. The number of aliphatic hydroxyl groups excluding tert-OH is 1. The lowest BCUT2D eigenvalue weighted by atomic mass is 10.2. The van der Waals surface area contributed by atoms with Crippen molar-refractivity contribution in [2.24, 2.45) is 0 Å². The van der Waals surface area contributed by atoms with Crippen LogP contribution in [0.15, 0.2) is 36.5 Å². The van der Waals surface area contributed by atoms with E-state index in [1.54, 1.807) is 0 Å². The highest BCUT2D eigenvalue weighted by Gasteiger charge is 2.20. The quantitative estimate of drug-likeness (QED) is 0.861. The SMILES string of the molecule is O[C@@H]1CCN(Cc2cnc(-c3ccccc3)[nH]2)C1. The van der Waals surface area contributed by atoms with Crippen molar-refractivity contribution in [1.29, 1.82) is 0 Å². The molecule has 0 spiro atoms. The summed E-state index contributed by atoms with van der Waals surface area (Å²) in [7, 11) is 0. The Kier molecular flexibility index (Phi) is 3.13. The second-order valence-electron chi connectivity index (χ2n) is 4.80. The molecule has 2 heterocycles. The normalized spacial score (nSPS) is 20.4. The Morgan fingerprint density at radius 1 is 1.33 bits per heavy atom. The zero-order valence-corrected chi connectivity index (χ0v) is 10.2. The molecule has 94 valence electrons. The fourth-order valence-electron chi connectivity index (χ4n) is 2.38. The van der Waals surface area contributed by atoms with Gasteiger partial charge in [0.15, 0.2) is 0 Å². The Morgan fingerprint density at radius 2 is 2.17 bits per heavy atom. The first-order chi connectivity index (χ1) is 8.81. The van der Waals surface area contributed by atoms with Gasteiger partial charge >= 0.3 is 0 Å². The molecule has 0 amide bonds. The molecule has 0 unspecified atom stereocenters. The van der Waals surface area contributed by atoms with Crippen LogP contribution in [0.1, 0.15) is 12.1 Å². The summed E-state index contributed by atoms with van der Waals surface area (Å²) in [6, 6.07) is 10.1. The van der Waals surface area contributed by atoms with Crippen molar-refractivity contribution in [3.05, 3.63) is 42.2 Å². The number of benzene rings is 1. The highest BCUT2D eigenvalue weighted by molar-refractivity contribution is 5.54. The number of rotatable bonds is 3. The first-order valence-electron chi connectivity index (χ1n) is 6.31. The summed E-state index contributed by atoms with van der Waals surface area (Å²) in [5.74, 6) is 0.908. The van der Waals surface area contributed by atoms with E-state index in [-0.39, 0.29) is 6.10 Å². The summed E-state index contributed by atoms with van der Waals surface area (Å²) < 4.78 is 0. The van der Waals surface area contributed by atoms with Gasteiger partial charge in [-0.15, -0.1) is 0 Å². The molecule has 2 N–H and O–H groups in total. The van der Waals surface area contributed by atoms with Crippen molar-refractivity contribution in [3.8, 4) is 11.4 Å². The molecule has 1 aromatic heterocycles. The highest BCUT2D eigenvalue weighted by Crippen LogP contribution is 2.17. The number of aromatic amines is 1. The van der Waals surface area contributed by atoms with Gasteiger partial charge in [0, 0.05) is 37.1 Å². The molecule has 1 aromatic carbocycles. The maximum absolute atomic E-state index is 9.49. The minimum Gasteiger partial charge on any atom is -0.392 e. The summed E-state index contributed by atoms with van der Waals surface area (Å²) >= 11 is 0. The topological polar surface area (TPSA) is 52.1 Å². The van der Waals surface area contributed by atoms with E-state index >= 15 is 0 Å². The van der Waals surface area contributed by atoms with E-state index in [9.17, 15) is 5.11 Å². The fraction of sp³-hybridized carbons (Fsp3) is 0.357. The smallest absolute Gasteiger partial charge is 0.137 e. The number of nitrogens with zero attached hydrogens (tertiary/aromatic N) is 2. The molecule has 1 saturated heterocycles. The Morgan fingerprint density at radius 3 is 2.89 bits per heavy atom. The van der Waals surface area contributed by atoms with Gasteiger partial charge in [-0.05, 0) is 6.42 Å². The van der Waals surface area contributed by atoms with Gasteiger partial charge in [0.25, 0.3) is 0 Å². The van der Waals surface area contributed by atoms with Gasteiger partial charge in [-0.25, -0.2) is 4.98 Å². The number of aliphatic hydroxyl groups is 1. The number of β-amino-alcohol motifs (C(OH)–C–C–N with tert-alkyl or cyclic N) is 1. The van der Waals surface area contributed by atoms with Crippen LogP contribution in [-0.4, -0.2) is 39.2 Å². The number of nitrogens with one attached hydrogen (secondary N) is 1. The first kappa shape index (κ1) is 11.4. The van der Waals surface area contributed by atoms with E-state index in [0.29, 0.717) is 0 Å². The Balaban J connectivity index is 1.70. The van der Waals surface area contributed by atoms with Gasteiger partial charge in [-0.2, -0.15) is 0 Å². The zero-order valence-electron chi connectivity index (χ0n) is 10.2. The molecule has 0 bridgehead atoms. The third-order valence-corrected chi connectivity index (χ3v) is 3.32. The van der Waals surface area contributed by atoms with E-state index in [2.05, 4.69) is 14.9 Å². The van der Waals surface area contributed by atoms with Gasteiger partial charge in [0.05, 0.1) is 6.10 Å². The predicted molar refractivity (Wildman–Crippen MR) is 69.9 cm³/mol. The number of H-pyrrole nitrogens is 1. The molecule has 3 rings (SSSR count). The van der Waals surface area contributed by atoms with Crippen molar-refractivity contribution in [3.63, 3.8) is 0 Å². The van der Waals surface area contributed by atoms with E-state index in [0.717, 1.165) is 43.1 Å². The van der Waals surface area contributed by atoms with Crippen LogP contribution in [0.4, 0.5) is 0 Å². The number of likely N-dealkylation sites (tertiary alicyclic amines) is 1. The molecular weight excluding hydrogens is 226 g/mol. The van der Waals surface area contributed by atoms with Crippen LogP contribution in [0.2, 0.25) is 0 Å². The largest absolute Gasteiger partial charge is 0.392 e. The molecule has 1 aliphatic rings. The van der Waals surface area contributed by atoms with Gasteiger partial charge in [0.1, 0.15) is 5.82 Å². The highest BCUT2D eigenvalue weighted by atomic mass is 16.3. The molecule has 0 aliphatic carbocycles. The van der Waals surface area contributed by atoms with Gasteiger partial charge in [-0.1, -0.05) is 30.3 Å². The summed E-state index contributed by atoms with van der Waals surface area (Å²) in [6.45, 7) is 2.55. The minimum atomic E-state index is -0.165. The standard InChI is InChI=1S/C14H17N3O/c18-13-6-7-17(10-13)9-12-8-15-14(16-12)11-4-2-1-3-5-11/h1-5,8,13,18H,6-7,9-10H2,(H,15,16)/t13-/m1/s1. The van der Waals surface area contributed by atoms with Gasteiger partial charge < -0.3 is 10.1 Å². The van der Waals surface area contributed by atoms with E-state index < -0.39 is 0 Å². The van der Waals surface area contributed by atoms with Crippen LogP contribution in [0.25, 0.3) is 11.4 Å². The van der Waals surface area contributed by atoms with Crippen LogP contribution in [0, 0.1) is 0 Å². The van der Waals surface area contributed by atoms with Crippen LogP contribution in [0.3, 0.4) is 0 Å². The number of hydrogen-bond donors (Lipinski definition) is 2. The molecule has 1 fully saturated rings. The molecule has 1 atom stereocenters. The summed E-state index contributed by atoms with van der Waals surface area (Å²) in [5.41, 5.74) is 2.20. The van der Waals surface area contributed by atoms with E-state index in [1.165, 1.54) is 0 Å². The monoisotopic (exact) mass is 243 g/mol. The third kappa shape index (κ3) is 2.44. The maximum atomic E-state index is 9.49. The van der Waals surface area contributed by atoms with Crippen molar-refractivity contribution >= 4 is 0 Å². The Hall–Kier alpha value is -1.65. The minimum absolute atomic E-state index is 0.165. The van der Waals surface area contributed by atoms with Crippen LogP contribution >= 0.6 is 0 Å². The lowest BCUT2D eigenvalue weighted by Crippen LogP contribution is -2.21. The lowest BCUT2D eigenvalue weighted by molar-refractivity contribution is 0.174. The molecule has 4 nitrogen and oxygen atoms in total. The summed E-state index contributed by atoms with van der Waals surface area (Å²) in [5, 5.41) is 9.49. The second kappa shape index (κ2) is 4.92. The van der Waals surface area contributed by atoms with Gasteiger partial charge in [0.2, 0.25) is 0 Å². The zero-order chi connectivity index (χ0) is 12.4. The maximum Gasteiger partial charge on any atom is 0.137 e. The van der Waals surface area contributed by atoms with E-state index in [4.69, 9.17) is 0 Å². The molecule has 18 heavy (non-hydrogen) atoms. The molecular formula is C14H17N3O. The summed E-state index contributed by atoms with van der Waals surface area (Å²) in [6.07, 6.45) is 2.59. The second-order valence-corrected chi connectivity index (χ2v) is 4.80. The average Bonchev–Trinajstić information content (AvgIpc) is 3.01. The fourth-order valence-corrected chi connectivity index (χ4v) is 2.38. The van der Waals surface area contributed by atoms with Crippen molar-refractivity contribution < 1.29 is 5.11 Å². The molecule has 0 saturated carbocycles. The Labute approximate surface area is 106 Å². The first-order valence-corrected chi connectivity index (χ1v) is 6.31. The predicted octanol–water partition coefficient (Wildman–Crippen LogP) is 1.64. The van der Waals surface area contributed by atoms with Crippen LogP contribution in [0.5, 0.6) is 0 Å². The summed E-state index contributed by atoms with van der Waals surface area (Å²) in [4.78, 5) is 9.98. The molecule has 2 aromatic rings. The van der Waals surface area contributed by atoms with Gasteiger partial charge in [-0.3, -0.25) is 4.90 Å². The van der Waals surface area contributed by atoms with Crippen LogP contribution in [-0.2, 0) is 6.54 Å². The lowest BCUT2D eigenvalue weighted by Gasteiger charge is -2.12. The van der Waals surface area contributed by atoms with Crippen molar-refractivity contribution in [2.45, 2.75) is 19.1 Å². The van der Waals surface area contributed by atoms with Crippen LogP contribution < -0.4 is 0 Å². The average molecular weight is 243 g/mol. The molecule has 4 heteroatoms. The number of hydrogen-bond acceptors (Lipinski definition) is 3. The molecule has 0 radical (unpaired) electrons. The Bertz CT molecular complexity index is 509. The van der Waals surface area contributed by atoms with Crippen molar-refractivity contribution in [1.82, 2.24) is 14.9 Å². The molecule has 1 aliphatic heterocycles. The number of imidazole rings is 1. The van der Waals surface area contributed by atoms with Crippen molar-refractivity contribution in [2.75, 3.05) is 13.1 Å². The number of aromatic nitrogens is 2.